The Morgan fingerprint density at radius 1 is 1.43 bits per heavy atom. The Morgan fingerprint density at radius 3 is 2.76 bits per heavy atom. The fraction of sp³-hybridized carbons (Fsp3) is 0.467. The zero-order chi connectivity index (χ0) is 15.4. The van der Waals surface area contributed by atoms with Crippen LogP contribution in [-0.4, -0.2) is 24.9 Å². The highest BCUT2D eigenvalue weighted by atomic mass is 35.5. The third kappa shape index (κ3) is 4.44. The Morgan fingerprint density at radius 2 is 2.14 bits per heavy atom. The van der Waals surface area contributed by atoms with Gasteiger partial charge in [-0.1, -0.05) is 18.5 Å². The molecule has 114 valence electrons. The van der Waals surface area contributed by atoms with E-state index in [2.05, 4.69) is 10.6 Å². The monoisotopic (exact) mass is 309 g/mol. The van der Waals surface area contributed by atoms with Gasteiger partial charge >= 0.3 is 0 Å². The lowest BCUT2D eigenvalue weighted by molar-refractivity contribution is -0.119. The van der Waals surface area contributed by atoms with Gasteiger partial charge in [0.1, 0.15) is 0 Å². The second-order valence-electron chi connectivity index (χ2n) is 5.47. The minimum atomic E-state index is -0.317. The molecular formula is C15H20ClN3O2. The highest BCUT2D eigenvalue weighted by Gasteiger charge is 2.23. The molecule has 1 aliphatic carbocycles. The van der Waals surface area contributed by atoms with Crippen LogP contribution in [0.5, 0.6) is 0 Å². The van der Waals surface area contributed by atoms with Crippen LogP contribution in [0.2, 0.25) is 5.02 Å². The van der Waals surface area contributed by atoms with E-state index in [4.69, 9.17) is 17.3 Å². The molecule has 1 atom stereocenters. The molecule has 2 rings (SSSR count). The van der Waals surface area contributed by atoms with E-state index in [1.807, 2.05) is 0 Å². The van der Waals surface area contributed by atoms with Gasteiger partial charge < -0.3 is 16.4 Å². The first-order valence-corrected chi connectivity index (χ1v) is 7.47. The molecule has 1 unspecified atom stereocenters. The third-order valence-corrected chi connectivity index (χ3v) is 3.77. The summed E-state index contributed by atoms with van der Waals surface area (Å²) in [4.78, 5) is 24.1. The van der Waals surface area contributed by atoms with Crippen LogP contribution in [0, 0.1) is 11.8 Å². The number of halogens is 1. The van der Waals surface area contributed by atoms with E-state index in [0.717, 1.165) is 12.8 Å². The summed E-state index contributed by atoms with van der Waals surface area (Å²) in [5.41, 5.74) is 6.31. The average Bonchev–Trinajstić information content (AvgIpc) is 3.29. The molecule has 0 aliphatic heterocycles. The second kappa shape index (κ2) is 6.91. The van der Waals surface area contributed by atoms with Gasteiger partial charge in [-0.25, -0.2) is 0 Å². The predicted octanol–water partition coefficient (Wildman–Crippen LogP) is 2.01. The van der Waals surface area contributed by atoms with E-state index in [-0.39, 0.29) is 24.3 Å². The summed E-state index contributed by atoms with van der Waals surface area (Å²) in [5, 5.41) is 6.06. The van der Waals surface area contributed by atoms with Crippen molar-refractivity contribution in [3.8, 4) is 0 Å². The Hall–Kier alpha value is -1.59. The van der Waals surface area contributed by atoms with Gasteiger partial charge in [0.2, 0.25) is 5.91 Å². The van der Waals surface area contributed by atoms with E-state index in [1.165, 1.54) is 0 Å². The third-order valence-electron chi connectivity index (χ3n) is 3.53. The molecule has 2 amide bonds. The number of hydrogen-bond acceptors (Lipinski definition) is 3. The molecule has 0 bridgehead atoms. The van der Waals surface area contributed by atoms with Gasteiger partial charge in [-0.2, -0.15) is 0 Å². The number of carbonyl (C=O) groups excluding carboxylic acids is 2. The number of amides is 2. The first-order valence-electron chi connectivity index (χ1n) is 7.10. The van der Waals surface area contributed by atoms with Crippen LogP contribution >= 0.6 is 11.6 Å². The van der Waals surface area contributed by atoms with Crippen molar-refractivity contribution in [1.82, 2.24) is 5.32 Å². The number of anilines is 1. The van der Waals surface area contributed by atoms with Crippen LogP contribution in [0.3, 0.4) is 0 Å². The normalized spacial score (nSPS) is 15.4. The van der Waals surface area contributed by atoms with Crippen molar-refractivity contribution in [1.29, 1.82) is 0 Å². The SMILES string of the molecule is CC(CN)C(=O)Nc1ccc(Cl)cc1C(=O)NCC1CC1. The number of hydrogen-bond donors (Lipinski definition) is 3. The maximum Gasteiger partial charge on any atom is 0.253 e. The molecular weight excluding hydrogens is 290 g/mol. The zero-order valence-electron chi connectivity index (χ0n) is 12.0. The summed E-state index contributed by atoms with van der Waals surface area (Å²) in [5.74, 6) is -0.164. The van der Waals surface area contributed by atoms with Crippen molar-refractivity contribution in [2.45, 2.75) is 19.8 Å². The maximum absolute atomic E-state index is 12.2. The standard InChI is InChI=1S/C15H20ClN3O2/c1-9(7-17)14(20)19-13-5-4-11(16)6-12(13)15(21)18-8-10-2-3-10/h4-6,9-10H,2-3,7-8,17H2,1H3,(H,18,21)(H,19,20). The van der Waals surface area contributed by atoms with Crippen molar-refractivity contribution < 1.29 is 9.59 Å². The topological polar surface area (TPSA) is 84.2 Å². The summed E-state index contributed by atoms with van der Waals surface area (Å²) in [6.45, 7) is 2.65. The van der Waals surface area contributed by atoms with Crippen LogP contribution in [0.1, 0.15) is 30.1 Å². The van der Waals surface area contributed by atoms with Crippen molar-refractivity contribution in [3.63, 3.8) is 0 Å². The molecule has 0 heterocycles. The fourth-order valence-electron chi connectivity index (χ4n) is 1.83. The van der Waals surface area contributed by atoms with E-state index in [0.29, 0.717) is 28.7 Å². The second-order valence-corrected chi connectivity index (χ2v) is 5.91. The van der Waals surface area contributed by atoms with Gasteiger partial charge in [0.25, 0.3) is 5.91 Å². The van der Waals surface area contributed by atoms with Gasteiger partial charge in [-0.3, -0.25) is 9.59 Å². The molecule has 0 radical (unpaired) electrons. The summed E-state index contributed by atoms with van der Waals surface area (Å²) in [6, 6.07) is 4.84. The first kappa shape index (κ1) is 15.8. The van der Waals surface area contributed by atoms with Crippen molar-refractivity contribution in [2.24, 2.45) is 17.6 Å². The van der Waals surface area contributed by atoms with Gasteiger partial charge in [-0.15, -0.1) is 0 Å². The van der Waals surface area contributed by atoms with Crippen LogP contribution in [0.25, 0.3) is 0 Å². The molecule has 5 nitrogen and oxygen atoms in total. The molecule has 21 heavy (non-hydrogen) atoms. The van der Waals surface area contributed by atoms with E-state index >= 15 is 0 Å². The zero-order valence-corrected chi connectivity index (χ0v) is 12.7. The number of rotatable bonds is 6. The van der Waals surface area contributed by atoms with E-state index in [1.54, 1.807) is 25.1 Å². The highest BCUT2D eigenvalue weighted by molar-refractivity contribution is 6.31. The number of nitrogens with two attached hydrogens (primary N) is 1. The molecule has 0 aromatic heterocycles. The minimum Gasteiger partial charge on any atom is -0.352 e. The largest absolute Gasteiger partial charge is 0.352 e. The van der Waals surface area contributed by atoms with Crippen LogP contribution in [-0.2, 0) is 4.79 Å². The van der Waals surface area contributed by atoms with E-state index < -0.39 is 0 Å². The molecule has 4 N–H and O–H groups in total. The molecule has 1 fully saturated rings. The van der Waals surface area contributed by atoms with Crippen LogP contribution < -0.4 is 16.4 Å². The average molecular weight is 310 g/mol. The van der Waals surface area contributed by atoms with Gasteiger partial charge in [-0.05, 0) is 37.0 Å². The lowest BCUT2D eigenvalue weighted by Crippen LogP contribution is -2.30. The minimum absolute atomic E-state index is 0.212. The molecule has 1 aromatic carbocycles. The Kier molecular flexibility index (Phi) is 5.20. The van der Waals surface area contributed by atoms with Crippen LogP contribution in [0.15, 0.2) is 18.2 Å². The van der Waals surface area contributed by atoms with Crippen molar-refractivity contribution >= 4 is 29.1 Å². The molecule has 1 aliphatic rings. The summed E-state index contributed by atoms with van der Waals surface area (Å²) in [6.07, 6.45) is 2.32. The summed E-state index contributed by atoms with van der Waals surface area (Å²) >= 11 is 5.95. The Bertz CT molecular complexity index is 544. The fourth-order valence-corrected chi connectivity index (χ4v) is 2.00. The van der Waals surface area contributed by atoms with Gasteiger partial charge in [0, 0.05) is 24.0 Å². The number of nitrogens with one attached hydrogen (secondary N) is 2. The van der Waals surface area contributed by atoms with E-state index in [9.17, 15) is 9.59 Å². The lowest BCUT2D eigenvalue weighted by Gasteiger charge is -2.14. The molecule has 1 aromatic rings. The highest BCUT2D eigenvalue weighted by Crippen LogP contribution is 2.28. The maximum atomic E-state index is 12.2. The first-order chi connectivity index (χ1) is 10.0. The molecule has 1 saturated carbocycles. The molecule has 6 heteroatoms. The predicted molar refractivity (Wildman–Crippen MR) is 83.4 cm³/mol. The van der Waals surface area contributed by atoms with Crippen molar-refractivity contribution in [2.75, 3.05) is 18.4 Å². The summed E-state index contributed by atoms with van der Waals surface area (Å²) < 4.78 is 0. The van der Waals surface area contributed by atoms with Gasteiger partial charge in [0.15, 0.2) is 0 Å². The van der Waals surface area contributed by atoms with Crippen molar-refractivity contribution in [3.05, 3.63) is 28.8 Å². The molecule has 0 spiro atoms. The summed E-state index contributed by atoms with van der Waals surface area (Å²) in [7, 11) is 0. The molecule has 0 saturated heterocycles. The van der Waals surface area contributed by atoms with Crippen LogP contribution in [0.4, 0.5) is 5.69 Å². The smallest absolute Gasteiger partial charge is 0.253 e. The van der Waals surface area contributed by atoms with Gasteiger partial charge in [0.05, 0.1) is 11.3 Å². The lowest BCUT2D eigenvalue weighted by atomic mass is 10.1. The Labute approximate surface area is 129 Å². The Balaban J connectivity index is 2.11. The quantitative estimate of drug-likeness (QED) is 0.751. The number of benzene rings is 1. The number of carbonyl (C=O) groups is 2.